The van der Waals surface area contributed by atoms with Gasteiger partial charge in [0.05, 0.1) is 23.2 Å². The van der Waals surface area contributed by atoms with E-state index in [1.807, 2.05) is 13.0 Å². The molecule has 0 aliphatic carbocycles. The Labute approximate surface area is 186 Å². The highest BCUT2D eigenvalue weighted by Gasteiger charge is 2.18. The molecule has 0 bridgehead atoms. The summed E-state index contributed by atoms with van der Waals surface area (Å²) in [6.07, 6.45) is 2.88. The number of aryl methyl sites for hydroxylation is 1. The van der Waals surface area contributed by atoms with E-state index in [1.165, 1.54) is 42.3 Å². The maximum Gasteiger partial charge on any atom is 0.264 e. The molecule has 2 aromatic carbocycles. The van der Waals surface area contributed by atoms with Crippen molar-refractivity contribution in [3.05, 3.63) is 81.3 Å². The number of sulfonamides is 1. The van der Waals surface area contributed by atoms with E-state index < -0.39 is 10.0 Å². The minimum Gasteiger partial charge on any atom is -0.495 e. The average Bonchev–Trinajstić information content (AvgIpc) is 2.75. The molecule has 0 saturated heterocycles. The van der Waals surface area contributed by atoms with E-state index in [-0.39, 0.29) is 16.4 Å². The predicted octanol–water partition coefficient (Wildman–Crippen LogP) is 3.66. The summed E-state index contributed by atoms with van der Waals surface area (Å²) in [5, 5.41) is 0.569. The van der Waals surface area contributed by atoms with Gasteiger partial charge in [-0.15, -0.1) is 0 Å². The van der Waals surface area contributed by atoms with Crippen molar-refractivity contribution in [2.24, 2.45) is 0 Å². The van der Waals surface area contributed by atoms with Crippen molar-refractivity contribution in [2.45, 2.75) is 11.8 Å². The minimum absolute atomic E-state index is 0.0246. The van der Waals surface area contributed by atoms with Gasteiger partial charge in [-0.2, -0.15) is 0 Å². The average molecular weight is 501 g/mol. The van der Waals surface area contributed by atoms with Crippen LogP contribution in [0, 0.1) is 6.92 Å². The maximum atomic E-state index is 12.8. The summed E-state index contributed by atoms with van der Waals surface area (Å²) < 4.78 is 35.7. The van der Waals surface area contributed by atoms with Crippen LogP contribution in [-0.4, -0.2) is 30.1 Å². The van der Waals surface area contributed by atoms with Crippen LogP contribution in [0.1, 0.15) is 5.56 Å². The fraction of sp³-hybridized carbons (Fsp3) is 0.0952. The number of pyridine rings is 1. The number of benzene rings is 2. The van der Waals surface area contributed by atoms with Gasteiger partial charge in [-0.05, 0) is 55.0 Å². The van der Waals surface area contributed by atoms with Gasteiger partial charge in [0.1, 0.15) is 5.75 Å². The fourth-order valence-electron chi connectivity index (χ4n) is 3.16. The Morgan fingerprint density at radius 2 is 1.81 bits per heavy atom. The number of rotatable bonds is 5. The van der Waals surface area contributed by atoms with Crippen molar-refractivity contribution in [2.75, 3.05) is 11.8 Å². The van der Waals surface area contributed by atoms with Crippen LogP contribution in [0.5, 0.6) is 5.75 Å². The van der Waals surface area contributed by atoms with Gasteiger partial charge >= 0.3 is 0 Å². The van der Waals surface area contributed by atoms with Gasteiger partial charge in [-0.3, -0.25) is 9.36 Å². The van der Waals surface area contributed by atoms with Gasteiger partial charge < -0.3 is 4.74 Å². The van der Waals surface area contributed by atoms with Gasteiger partial charge in [0.2, 0.25) is 5.95 Å². The molecule has 1 N–H and O–H groups in total. The summed E-state index contributed by atoms with van der Waals surface area (Å²) >= 11 is 3.47. The Hall–Kier alpha value is -3.24. The molecular weight excluding hydrogens is 484 g/mol. The molecule has 0 radical (unpaired) electrons. The number of ether oxygens (including phenoxy) is 1. The number of hydrogen-bond donors (Lipinski definition) is 1. The van der Waals surface area contributed by atoms with E-state index in [4.69, 9.17) is 4.74 Å². The van der Waals surface area contributed by atoms with Crippen molar-refractivity contribution < 1.29 is 13.2 Å². The monoisotopic (exact) mass is 500 g/mol. The quantitative estimate of drug-likeness (QED) is 0.448. The number of anilines is 1. The molecular formula is C21H17BrN4O4S. The highest BCUT2D eigenvalue weighted by atomic mass is 79.9. The van der Waals surface area contributed by atoms with E-state index in [9.17, 15) is 13.2 Å². The molecule has 0 aliphatic heterocycles. The number of aromatic nitrogens is 3. The van der Waals surface area contributed by atoms with Gasteiger partial charge in [-0.1, -0.05) is 15.9 Å². The summed E-state index contributed by atoms with van der Waals surface area (Å²) in [6.45, 7) is 1.91. The number of hydrogen-bond acceptors (Lipinski definition) is 6. The second kappa shape index (κ2) is 8.12. The van der Waals surface area contributed by atoms with Gasteiger partial charge in [0, 0.05) is 28.3 Å². The number of halogens is 1. The maximum absolute atomic E-state index is 12.8. The van der Waals surface area contributed by atoms with E-state index in [2.05, 4.69) is 30.6 Å². The van der Waals surface area contributed by atoms with Crippen molar-refractivity contribution in [1.29, 1.82) is 0 Å². The zero-order valence-electron chi connectivity index (χ0n) is 16.5. The molecule has 2 aromatic heterocycles. The lowest BCUT2D eigenvalue weighted by Gasteiger charge is -2.16. The SMILES string of the molecule is COc1cc(Br)c(C)cc1-n1c(=O)ccc2cc(S(=O)(=O)Nc3ncccn3)ccc21. The molecule has 10 heteroatoms. The van der Waals surface area contributed by atoms with Crippen LogP contribution in [0.2, 0.25) is 0 Å². The second-order valence-electron chi connectivity index (χ2n) is 6.68. The van der Waals surface area contributed by atoms with Crippen LogP contribution < -0.4 is 15.0 Å². The molecule has 4 aromatic rings. The van der Waals surface area contributed by atoms with Gasteiger partial charge in [-0.25, -0.2) is 23.1 Å². The largest absolute Gasteiger partial charge is 0.495 e. The van der Waals surface area contributed by atoms with Crippen LogP contribution in [0.25, 0.3) is 16.6 Å². The van der Waals surface area contributed by atoms with E-state index in [0.717, 1.165) is 10.0 Å². The second-order valence-corrected chi connectivity index (χ2v) is 9.22. The molecule has 4 rings (SSSR count). The molecule has 158 valence electrons. The summed E-state index contributed by atoms with van der Waals surface area (Å²) in [6, 6.07) is 12.7. The Morgan fingerprint density at radius 3 is 2.52 bits per heavy atom. The first kappa shape index (κ1) is 21.0. The van der Waals surface area contributed by atoms with Crippen LogP contribution in [-0.2, 0) is 10.0 Å². The van der Waals surface area contributed by atoms with Gasteiger partial charge in [0.25, 0.3) is 15.6 Å². The standard InChI is InChI=1S/C21H17BrN4O4S/c1-13-10-18(19(30-2)12-16(13)22)26-17-6-5-15(11-14(17)4-7-20(26)27)31(28,29)25-21-23-8-3-9-24-21/h3-12H,1-2H3,(H,23,24,25). The van der Waals surface area contributed by atoms with Crippen LogP contribution in [0.15, 0.2) is 75.1 Å². The van der Waals surface area contributed by atoms with Crippen molar-refractivity contribution in [1.82, 2.24) is 14.5 Å². The summed E-state index contributed by atoms with van der Waals surface area (Å²) in [4.78, 5) is 20.6. The molecule has 31 heavy (non-hydrogen) atoms. The number of nitrogens with one attached hydrogen (secondary N) is 1. The highest BCUT2D eigenvalue weighted by molar-refractivity contribution is 9.10. The van der Waals surface area contributed by atoms with E-state index >= 15 is 0 Å². The summed E-state index contributed by atoms with van der Waals surface area (Å²) in [5.41, 5.74) is 1.76. The Morgan fingerprint density at radius 1 is 1.06 bits per heavy atom. The van der Waals surface area contributed by atoms with Crippen LogP contribution >= 0.6 is 15.9 Å². The normalized spacial score (nSPS) is 11.5. The minimum atomic E-state index is -3.91. The smallest absolute Gasteiger partial charge is 0.264 e. The molecule has 0 fully saturated rings. The van der Waals surface area contributed by atoms with Crippen molar-refractivity contribution in [3.8, 4) is 11.4 Å². The first-order chi connectivity index (χ1) is 14.8. The van der Waals surface area contributed by atoms with Crippen molar-refractivity contribution in [3.63, 3.8) is 0 Å². The fourth-order valence-corrected chi connectivity index (χ4v) is 4.47. The predicted molar refractivity (Wildman–Crippen MR) is 121 cm³/mol. The molecule has 0 amide bonds. The topological polar surface area (TPSA) is 103 Å². The molecule has 0 spiro atoms. The lowest BCUT2D eigenvalue weighted by Crippen LogP contribution is -2.19. The molecule has 0 atom stereocenters. The summed E-state index contributed by atoms with van der Waals surface area (Å²) in [5.74, 6) is 0.481. The van der Waals surface area contributed by atoms with Crippen LogP contribution in [0.4, 0.5) is 5.95 Å². The third-order valence-corrected chi connectivity index (χ3v) is 6.85. The molecule has 2 heterocycles. The zero-order chi connectivity index (χ0) is 22.2. The van der Waals surface area contributed by atoms with Gasteiger partial charge in [0.15, 0.2) is 0 Å². The molecule has 8 nitrogen and oxygen atoms in total. The lowest BCUT2D eigenvalue weighted by atomic mass is 10.1. The third kappa shape index (κ3) is 4.04. The first-order valence-corrected chi connectivity index (χ1v) is 11.4. The molecule has 0 aliphatic rings. The van der Waals surface area contributed by atoms with Crippen LogP contribution in [0.3, 0.4) is 0 Å². The molecule has 0 unspecified atom stereocenters. The Balaban J connectivity index is 1.87. The zero-order valence-corrected chi connectivity index (χ0v) is 18.9. The first-order valence-electron chi connectivity index (χ1n) is 9.10. The Bertz CT molecular complexity index is 1450. The van der Waals surface area contributed by atoms with E-state index in [1.54, 1.807) is 24.3 Å². The van der Waals surface area contributed by atoms with Crippen molar-refractivity contribution >= 4 is 42.8 Å². The number of fused-ring (bicyclic) bond motifs is 1. The summed E-state index contributed by atoms with van der Waals surface area (Å²) in [7, 11) is -2.38. The molecule has 0 saturated carbocycles. The lowest BCUT2D eigenvalue weighted by molar-refractivity contribution is 0.412. The number of methoxy groups -OCH3 is 1. The van der Waals surface area contributed by atoms with E-state index in [0.29, 0.717) is 22.3 Å². The number of nitrogens with zero attached hydrogens (tertiary/aromatic N) is 3. The highest BCUT2D eigenvalue weighted by Crippen LogP contribution is 2.31. The Kier molecular flexibility index (Phi) is 5.50. The third-order valence-electron chi connectivity index (χ3n) is 4.67.